The maximum atomic E-state index is 14.2. The van der Waals surface area contributed by atoms with Crippen molar-refractivity contribution in [1.29, 1.82) is 5.26 Å². The predicted octanol–water partition coefficient (Wildman–Crippen LogP) is 4.02. The van der Waals surface area contributed by atoms with Crippen LogP contribution in [0.15, 0.2) is 22.7 Å². The van der Waals surface area contributed by atoms with E-state index in [1.54, 1.807) is 19.2 Å². The van der Waals surface area contributed by atoms with Gasteiger partial charge in [0.1, 0.15) is 18.3 Å². The summed E-state index contributed by atoms with van der Waals surface area (Å²) in [6.45, 7) is 2.64. The summed E-state index contributed by atoms with van der Waals surface area (Å²) in [5.41, 5.74) is 10.0. The second-order valence-corrected chi connectivity index (χ2v) is 13.2. The van der Waals surface area contributed by atoms with E-state index in [0.717, 1.165) is 55.3 Å². The van der Waals surface area contributed by atoms with Crippen LogP contribution in [0.1, 0.15) is 67.0 Å². The van der Waals surface area contributed by atoms with E-state index in [0.29, 0.717) is 29.1 Å². The largest absolute Gasteiger partial charge is 0.473 e. The number of hydrogen-bond donors (Lipinski definition) is 2. The van der Waals surface area contributed by atoms with Crippen molar-refractivity contribution in [3.05, 3.63) is 46.2 Å². The first-order valence-electron chi connectivity index (χ1n) is 16.0. The van der Waals surface area contributed by atoms with Crippen LogP contribution in [-0.2, 0) is 23.0 Å². The number of nitrogen functional groups attached to an aromatic ring is 1. The van der Waals surface area contributed by atoms with Crippen molar-refractivity contribution in [3.8, 4) is 29.3 Å². The fourth-order valence-corrected chi connectivity index (χ4v) is 8.01. The SMILES string of the molecule is CO[C@@H]1C[C@@H]([C@H](C)Oc2cc(O[C@@H]3CNCC(F)(F)C3)nc(-c3noc4c3CCC[C@@]43CCc4ccc(N)c(C#N)c43)n2)N(C)C1. The van der Waals surface area contributed by atoms with Crippen molar-refractivity contribution in [2.45, 2.75) is 87.6 Å². The molecule has 2 fully saturated rings. The number of nitriles is 1. The van der Waals surface area contributed by atoms with Gasteiger partial charge in [0, 0.05) is 37.5 Å². The van der Waals surface area contributed by atoms with Crippen LogP contribution in [0, 0.1) is 11.3 Å². The van der Waals surface area contributed by atoms with E-state index in [4.69, 9.17) is 29.5 Å². The molecule has 4 aliphatic rings. The average molecular weight is 636 g/mol. The molecule has 0 radical (unpaired) electrons. The van der Waals surface area contributed by atoms with E-state index in [1.165, 1.54) is 0 Å². The Morgan fingerprint density at radius 3 is 2.78 bits per heavy atom. The highest BCUT2D eigenvalue weighted by Crippen LogP contribution is 2.54. The molecular formula is C33H39F2N7O4. The number of hydrogen-bond acceptors (Lipinski definition) is 11. The lowest BCUT2D eigenvalue weighted by Crippen LogP contribution is -2.48. The van der Waals surface area contributed by atoms with Gasteiger partial charge < -0.3 is 29.8 Å². The molecule has 11 nitrogen and oxygen atoms in total. The fourth-order valence-electron chi connectivity index (χ4n) is 8.01. The smallest absolute Gasteiger partial charge is 0.263 e. The highest BCUT2D eigenvalue weighted by molar-refractivity contribution is 5.68. The Hall–Kier alpha value is -3.86. The predicted molar refractivity (Wildman–Crippen MR) is 164 cm³/mol. The molecule has 7 rings (SSSR count). The summed E-state index contributed by atoms with van der Waals surface area (Å²) < 4.78 is 52.6. The van der Waals surface area contributed by atoms with Crippen LogP contribution in [0.5, 0.6) is 11.8 Å². The van der Waals surface area contributed by atoms with Gasteiger partial charge in [0.05, 0.1) is 36.1 Å². The number of aryl methyl sites for hydroxylation is 1. The Morgan fingerprint density at radius 1 is 1.20 bits per heavy atom. The number of piperidine rings is 1. The Labute approximate surface area is 266 Å². The second kappa shape index (κ2) is 11.7. The van der Waals surface area contributed by atoms with E-state index in [9.17, 15) is 14.0 Å². The van der Waals surface area contributed by atoms with Gasteiger partial charge >= 0.3 is 0 Å². The summed E-state index contributed by atoms with van der Waals surface area (Å²) in [6, 6.07) is 7.76. The molecule has 1 spiro atoms. The minimum atomic E-state index is -2.89. The minimum Gasteiger partial charge on any atom is -0.473 e. The van der Waals surface area contributed by atoms with Crippen molar-refractivity contribution in [3.63, 3.8) is 0 Å². The molecule has 0 saturated carbocycles. The van der Waals surface area contributed by atoms with Crippen LogP contribution < -0.4 is 20.5 Å². The topological polar surface area (TPSA) is 145 Å². The van der Waals surface area contributed by atoms with E-state index in [-0.39, 0.29) is 48.9 Å². The number of benzene rings is 1. The lowest BCUT2D eigenvalue weighted by molar-refractivity contribution is -0.0576. The highest BCUT2D eigenvalue weighted by Gasteiger charge is 2.49. The molecule has 2 saturated heterocycles. The number of likely N-dealkylation sites (tertiary alicyclic amines) is 1. The number of likely N-dealkylation sites (N-methyl/N-ethyl adjacent to an activating group) is 1. The molecule has 2 aliphatic carbocycles. The second-order valence-electron chi connectivity index (χ2n) is 13.2. The van der Waals surface area contributed by atoms with Crippen molar-refractivity contribution in [2.75, 3.05) is 39.5 Å². The van der Waals surface area contributed by atoms with Crippen LogP contribution in [0.2, 0.25) is 0 Å². The zero-order valence-electron chi connectivity index (χ0n) is 26.3. The molecule has 244 valence electrons. The molecule has 0 amide bonds. The standard InChI is InChI=1S/C33H39F2N7O4/c1-18(25-11-20(43-3)16-42(25)2)44-26-12-27(45-21-13-33(34,35)17-38-15-21)40-31(39-26)29-22-5-4-9-32(30(22)46-41-29)10-8-19-6-7-24(37)23(14-36)28(19)32/h6-7,12,18,20-21,25,38H,4-5,8-11,13,15-17,37H2,1-3H3/t18-,20+,21-,25-,32-/m0/s1. The lowest BCUT2D eigenvalue weighted by Gasteiger charge is -2.33. The number of anilines is 1. The number of nitrogens with two attached hydrogens (primary N) is 1. The molecule has 4 heterocycles. The Kier molecular flexibility index (Phi) is 7.85. The Balaban J connectivity index is 1.26. The fraction of sp³-hybridized carbons (Fsp3) is 0.576. The molecule has 13 heteroatoms. The first-order chi connectivity index (χ1) is 22.1. The number of halogens is 2. The van der Waals surface area contributed by atoms with Crippen LogP contribution in [-0.4, -0.2) is 84.1 Å². The van der Waals surface area contributed by atoms with Gasteiger partial charge in [0.15, 0.2) is 17.3 Å². The van der Waals surface area contributed by atoms with Gasteiger partial charge in [-0.3, -0.25) is 4.90 Å². The van der Waals surface area contributed by atoms with Crippen molar-refractivity contribution >= 4 is 5.69 Å². The van der Waals surface area contributed by atoms with Crippen LogP contribution in [0.3, 0.4) is 0 Å². The lowest BCUT2D eigenvalue weighted by atomic mass is 9.68. The number of aromatic nitrogens is 3. The van der Waals surface area contributed by atoms with Gasteiger partial charge in [-0.25, -0.2) is 8.78 Å². The minimum absolute atomic E-state index is 0.0813. The molecule has 3 N–H and O–H groups in total. The van der Waals surface area contributed by atoms with E-state index >= 15 is 0 Å². The Morgan fingerprint density at radius 2 is 2.02 bits per heavy atom. The third-order valence-electron chi connectivity index (χ3n) is 10.2. The summed E-state index contributed by atoms with van der Waals surface area (Å²) in [7, 11) is 3.74. The van der Waals surface area contributed by atoms with Crippen molar-refractivity contribution < 1.29 is 27.5 Å². The van der Waals surface area contributed by atoms with Crippen molar-refractivity contribution in [1.82, 2.24) is 25.3 Å². The number of alkyl halides is 2. The van der Waals surface area contributed by atoms with Crippen LogP contribution in [0.25, 0.3) is 11.5 Å². The Bertz CT molecular complexity index is 1680. The normalized spacial score (nSPS) is 27.6. The molecular weight excluding hydrogens is 596 g/mol. The van der Waals surface area contributed by atoms with Gasteiger partial charge in [-0.05, 0) is 69.7 Å². The number of fused-ring (bicyclic) bond motifs is 4. The molecule has 46 heavy (non-hydrogen) atoms. The molecule has 0 unspecified atom stereocenters. The third kappa shape index (κ3) is 5.36. The van der Waals surface area contributed by atoms with Crippen LogP contribution >= 0.6 is 0 Å². The van der Waals surface area contributed by atoms with Gasteiger partial charge in [-0.1, -0.05) is 11.2 Å². The monoisotopic (exact) mass is 635 g/mol. The van der Waals surface area contributed by atoms with Crippen LogP contribution in [0.4, 0.5) is 14.5 Å². The van der Waals surface area contributed by atoms with Crippen molar-refractivity contribution in [2.24, 2.45) is 0 Å². The summed E-state index contributed by atoms with van der Waals surface area (Å²) in [5, 5.41) is 17.3. The molecule has 1 aromatic carbocycles. The number of ether oxygens (including phenoxy) is 3. The quantitative estimate of drug-likeness (QED) is 0.363. The summed E-state index contributed by atoms with van der Waals surface area (Å²) >= 11 is 0. The molecule has 2 aliphatic heterocycles. The zero-order chi connectivity index (χ0) is 32.2. The number of methoxy groups -OCH3 is 1. The molecule has 2 aromatic heterocycles. The maximum absolute atomic E-state index is 14.2. The maximum Gasteiger partial charge on any atom is 0.263 e. The van der Waals surface area contributed by atoms with Gasteiger partial charge in [0.2, 0.25) is 11.8 Å². The highest BCUT2D eigenvalue weighted by atomic mass is 19.3. The van der Waals surface area contributed by atoms with Gasteiger partial charge in [-0.2, -0.15) is 15.2 Å². The first kappa shape index (κ1) is 30.8. The number of nitrogens with one attached hydrogen (secondary N) is 1. The van der Waals surface area contributed by atoms with E-state index in [1.807, 2.05) is 20.0 Å². The zero-order valence-corrected chi connectivity index (χ0v) is 26.3. The summed E-state index contributed by atoms with van der Waals surface area (Å²) in [5.74, 6) is -1.57. The molecule has 3 aromatic rings. The van der Waals surface area contributed by atoms with Gasteiger partial charge in [0.25, 0.3) is 5.92 Å². The molecule has 0 bridgehead atoms. The number of rotatable bonds is 7. The molecule has 5 atom stereocenters. The number of nitrogens with zero attached hydrogens (tertiary/aromatic N) is 5. The first-order valence-corrected chi connectivity index (χ1v) is 16.0. The van der Waals surface area contributed by atoms with E-state index in [2.05, 4.69) is 26.4 Å². The third-order valence-corrected chi connectivity index (χ3v) is 10.2. The summed E-state index contributed by atoms with van der Waals surface area (Å²) in [6.07, 6.45) is 3.32. The van der Waals surface area contributed by atoms with E-state index < -0.39 is 23.9 Å². The average Bonchev–Trinajstić information content (AvgIpc) is 3.73. The van der Waals surface area contributed by atoms with Gasteiger partial charge in [-0.15, -0.1) is 0 Å². The summed E-state index contributed by atoms with van der Waals surface area (Å²) in [4.78, 5) is 11.6.